The Morgan fingerprint density at radius 1 is 1.18 bits per heavy atom. The van der Waals surface area contributed by atoms with Crippen LogP contribution in [0.15, 0.2) is 42.9 Å². The molecule has 3 aliphatic rings. The summed E-state index contributed by atoms with van der Waals surface area (Å²) in [6.45, 7) is 2.18. The van der Waals surface area contributed by atoms with Gasteiger partial charge in [0.2, 0.25) is 0 Å². The molecule has 1 atom stereocenters. The maximum absolute atomic E-state index is 12.8. The van der Waals surface area contributed by atoms with E-state index in [0.717, 1.165) is 50.2 Å². The summed E-state index contributed by atoms with van der Waals surface area (Å²) in [4.78, 5) is 19.8. The van der Waals surface area contributed by atoms with Crippen LogP contribution < -0.4 is 10.2 Å². The first kappa shape index (κ1) is 21.2. The number of carbonyl (C=O) groups excluding carboxylic acids is 1. The standard InChI is InChI=1S/C26H25ClN6O/c27-20-4-2-17(12-28)22(11-20)18-8-21(9-18)31-26(34)19-13-30-33(15-19)24-5-3-16-10-25(29-14-23(16)24)32-6-1-7-32/h2,4,10-11,13-15,18,21,24H,1,3,5-9H2,(H,31,34)/t18-,21+,24-/m0/s1. The third-order valence-corrected chi connectivity index (χ3v) is 7.70. The Balaban J connectivity index is 1.09. The third-order valence-electron chi connectivity index (χ3n) is 7.47. The summed E-state index contributed by atoms with van der Waals surface area (Å²) in [5.41, 5.74) is 4.74. The average molecular weight is 473 g/mol. The topological polar surface area (TPSA) is 86.8 Å². The fourth-order valence-corrected chi connectivity index (χ4v) is 5.49. The fraction of sp³-hybridized carbons (Fsp3) is 0.385. The van der Waals surface area contributed by atoms with Crippen molar-refractivity contribution in [3.8, 4) is 6.07 Å². The first-order chi connectivity index (χ1) is 16.6. The third kappa shape index (κ3) is 3.72. The minimum atomic E-state index is -0.106. The number of nitriles is 1. The van der Waals surface area contributed by atoms with Crippen molar-refractivity contribution in [3.05, 3.63) is 75.7 Å². The van der Waals surface area contributed by atoms with Gasteiger partial charge in [0.05, 0.1) is 29.4 Å². The molecule has 2 aromatic heterocycles. The molecule has 0 bridgehead atoms. The molecule has 1 aliphatic heterocycles. The number of anilines is 1. The zero-order valence-corrected chi connectivity index (χ0v) is 19.5. The second-order valence-corrected chi connectivity index (χ2v) is 9.96. The zero-order valence-electron chi connectivity index (χ0n) is 18.7. The van der Waals surface area contributed by atoms with Gasteiger partial charge in [-0.15, -0.1) is 0 Å². The van der Waals surface area contributed by atoms with Crippen LogP contribution >= 0.6 is 11.6 Å². The van der Waals surface area contributed by atoms with Crippen LogP contribution in [0.3, 0.4) is 0 Å². The van der Waals surface area contributed by atoms with Gasteiger partial charge in [-0.2, -0.15) is 10.4 Å². The average Bonchev–Trinajstić information content (AvgIpc) is 3.41. The molecule has 172 valence electrons. The molecule has 1 saturated carbocycles. The van der Waals surface area contributed by atoms with Crippen LogP contribution in [-0.2, 0) is 6.42 Å². The van der Waals surface area contributed by atoms with E-state index in [9.17, 15) is 10.1 Å². The monoisotopic (exact) mass is 472 g/mol. The summed E-state index contributed by atoms with van der Waals surface area (Å²) in [5, 5.41) is 17.6. The van der Waals surface area contributed by atoms with E-state index < -0.39 is 0 Å². The minimum absolute atomic E-state index is 0.0858. The zero-order chi connectivity index (χ0) is 23.2. The molecule has 3 aromatic rings. The van der Waals surface area contributed by atoms with Gasteiger partial charge < -0.3 is 10.2 Å². The summed E-state index contributed by atoms with van der Waals surface area (Å²) < 4.78 is 1.90. The highest BCUT2D eigenvalue weighted by Gasteiger charge is 2.34. The normalized spacial score (nSPS) is 22.9. The van der Waals surface area contributed by atoms with Gasteiger partial charge in [-0.05, 0) is 79.0 Å². The Bertz CT molecular complexity index is 1300. The van der Waals surface area contributed by atoms with Crippen LogP contribution in [-0.4, -0.2) is 39.8 Å². The molecule has 0 unspecified atom stereocenters. The molecule has 1 aromatic carbocycles. The van der Waals surface area contributed by atoms with Crippen LogP contribution in [0.1, 0.15) is 70.3 Å². The maximum Gasteiger partial charge on any atom is 0.254 e. The van der Waals surface area contributed by atoms with E-state index in [4.69, 9.17) is 11.6 Å². The largest absolute Gasteiger partial charge is 0.356 e. The van der Waals surface area contributed by atoms with Crippen molar-refractivity contribution >= 4 is 23.3 Å². The van der Waals surface area contributed by atoms with Crippen LogP contribution in [0.5, 0.6) is 0 Å². The number of nitrogens with one attached hydrogen (secondary N) is 1. The summed E-state index contributed by atoms with van der Waals surface area (Å²) >= 11 is 6.12. The lowest BCUT2D eigenvalue weighted by molar-refractivity contribution is 0.0909. The molecule has 7 nitrogen and oxygen atoms in total. The number of benzene rings is 1. The molecule has 8 heteroatoms. The van der Waals surface area contributed by atoms with E-state index in [0.29, 0.717) is 16.1 Å². The highest BCUT2D eigenvalue weighted by atomic mass is 35.5. The molecule has 2 aliphatic carbocycles. The molecular formula is C26H25ClN6O. The molecule has 1 N–H and O–H groups in total. The van der Waals surface area contributed by atoms with Crippen molar-refractivity contribution in [2.75, 3.05) is 18.0 Å². The Kier molecular flexibility index (Phi) is 5.26. The van der Waals surface area contributed by atoms with E-state index in [1.165, 1.54) is 17.5 Å². The lowest BCUT2D eigenvalue weighted by Gasteiger charge is -2.36. The van der Waals surface area contributed by atoms with E-state index in [-0.39, 0.29) is 23.9 Å². The summed E-state index contributed by atoms with van der Waals surface area (Å²) in [6.07, 6.45) is 10.3. The number of rotatable bonds is 5. The van der Waals surface area contributed by atoms with E-state index in [1.54, 1.807) is 18.3 Å². The van der Waals surface area contributed by atoms with Crippen molar-refractivity contribution in [2.45, 2.75) is 50.1 Å². The lowest BCUT2D eigenvalue weighted by Crippen LogP contribution is -2.43. The van der Waals surface area contributed by atoms with Gasteiger partial charge in [-0.1, -0.05) is 11.6 Å². The van der Waals surface area contributed by atoms with Crippen LogP contribution in [0.25, 0.3) is 0 Å². The van der Waals surface area contributed by atoms with Crippen LogP contribution in [0.4, 0.5) is 5.82 Å². The molecule has 1 amide bonds. The fourth-order valence-electron chi connectivity index (χ4n) is 5.31. The number of hydrogen-bond acceptors (Lipinski definition) is 5. The van der Waals surface area contributed by atoms with Gasteiger partial charge in [0.1, 0.15) is 5.82 Å². The van der Waals surface area contributed by atoms with E-state index in [2.05, 4.69) is 32.4 Å². The van der Waals surface area contributed by atoms with Crippen molar-refractivity contribution < 1.29 is 4.79 Å². The number of fused-ring (bicyclic) bond motifs is 1. The molecular weight excluding hydrogens is 448 g/mol. The van der Waals surface area contributed by atoms with Gasteiger partial charge in [0, 0.05) is 36.5 Å². The first-order valence-corrected chi connectivity index (χ1v) is 12.2. The van der Waals surface area contributed by atoms with E-state index in [1.807, 2.05) is 23.1 Å². The molecule has 3 heterocycles. The molecule has 2 fully saturated rings. The van der Waals surface area contributed by atoms with Crippen molar-refractivity contribution in [1.82, 2.24) is 20.1 Å². The summed E-state index contributed by atoms with van der Waals surface area (Å²) in [6, 6.07) is 10.0. The van der Waals surface area contributed by atoms with Gasteiger partial charge in [-0.3, -0.25) is 9.48 Å². The lowest BCUT2D eigenvalue weighted by atomic mass is 9.74. The molecule has 34 heavy (non-hydrogen) atoms. The molecule has 0 radical (unpaired) electrons. The smallest absolute Gasteiger partial charge is 0.254 e. The second-order valence-electron chi connectivity index (χ2n) is 9.53. The number of nitrogens with zero attached hydrogens (tertiary/aromatic N) is 5. The van der Waals surface area contributed by atoms with Gasteiger partial charge in [0.15, 0.2) is 0 Å². The second kappa shape index (κ2) is 8.44. The number of hydrogen-bond donors (Lipinski definition) is 1. The predicted molar refractivity (Wildman–Crippen MR) is 129 cm³/mol. The number of amides is 1. The molecule has 0 spiro atoms. The minimum Gasteiger partial charge on any atom is -0.356 e. The quantitative estimate of drug-likeness (QED) is 0.600. The van der Waals surface area contributed by atoms with Gasteiger partial charge >= 0.3 is 0 Å². The number of halogens is 1. The maximum atomic E-state index is 12.8. The van der Waals surface area contributed by atoms with E-state index >= 15 is 0 Å². The van der Waals surface area contributed by atoms with Crippen molar-refractivity contribution in [3.63, 3.8) is 0 Å². The molecule has 6 rings (SSSR count). The Morgan fingerprint density at radius 3 is 2.79 bits per heavy atom. The van der Waals surface area contributed by atoms with Crippen LogP contribution in [0.2, 0.25) is 5.02 Å². The molecule has 1 saturated heterocycles. The number of aryl methyl sites for hydroxylation is 1. The van der Waals surface area contributed by atoms with Gasteiger partial charge in [0.25, 0.3) is 5.91 Å². The Labute approximate surface area is 203 Å². The highest BCUT2D eigenvalue weighted by Crippen LogP contribution is 2.40. The Morgan fingerprint density at radius 2 is 2.03 bits per heavy atom. The number of carbonyl (C=O) groups is 1. The number of aromatic nitrogens is 3. The van der Waals surface area contributed by atoms with Crippen LogP contribution in [0, 0.1) is 11.3 Å². The number of pyridine rings is 1. The summed E-state index contributed by atoms with van der Waals surface area (Å²) in [7, 11) is 0. The van der Waals surface area contributed by atoms with Crippen molar-refractivity contribution in [1.29, 1.82) is 5.26 Å². The first-order valence-electron chi connectivity index (χ1n) is 11.9. The summed E-state index contributed by atoms with van der Waals surface area (Å²) in [5.74, 6) is 1.21. The SMILES string of the molecule is N#Cc1ccc(Cl)cc1[C@H]1C[C@@H](NC(=O)c2cnn([C@H]3CCc4cc(N5CCC5)ncc43)c2)C1. The van der Waals surface area contributed by atoms with Crippen molar-refractivity contribution in [2.24, 2.45) is 0 Å². The predicted octanol–water partition coefficient (Wildman–Crippen LogP) is 4.22. The highest BCUT2D eigenvalue weighted by molar-refractivity contribution is 6.30. The Hall–Kier alpha value is -3.37. The van der Waals surface area contributed by atoms with Gasteiger partial charge in [-0.25, -0.2) is 4.98 Å².